The van der Waals surface area contributed by atoms with Gasteiger partial charge in [-0.05, 0) is 44.5 Å². The molecule has 5 nitrogen and oxygen atoms in total. The molecule has 0 fully saturated rings. The summed E-state index contributed by atoms with van der Waals surface area (Å²) >= 11 is 1.27. The monoisotopic (exact) mass is 367 g/mol. The van der Waals surface area contributed by atoms with Crippen molar-refractivity contribution < 1.29 is 18.3 Å². The number of aromatic nitrogens is 2. The number of carbonyl (C=O) groups excluding carboxylic acids is 1. The molecule has 0 aliphatic carbocycles. The maximum Gasteiger partial charge on any atom is 0.387 e. The third-order valence-corrected chi connectivity index (χ3v) is 4.12. The first kappa shape index (κ1) is 19.1. The number of benzene rings is 1. The third kappa shape index (κ3) is 6.30. The van der Waals surface area contributed by atoms with Crippen LogP contribution in [0.5, 0.6) is 5.75 Å². The summed E-state index contributed by atoms with van der Waals surface area (Å²) in [4.78, 5) is 20.6. The lowest BCUT2D eigenvalue weighted by atomic mass is 10.1. The fraction of sp³-hybridized carbons (Fsp3) is 0.353. The Hall–Kier alpha value is -2.22. The lowest BCUT2D eigenvalue weighted by Crippen LogP contribution is -2.28. The van der Waals surface area contributed by atoms with E-state index in [0.717, 1.165) is 17.0 Å². The number of alkyl halides is 2. The smallest absolute Gasteiger partial charge is 0.387 e. The van der Waals surface area contributed by atoms with Gasteiger partial charge in [0.2, 0.25) is 5.91 Å². The summed E-state index contributed by atoms with van der Waals surface area (Å²) in [6, 6.07) is 7.79. The summed E-state index contributed by atoms with van der Waals surface area (Å²) in [6.07, 6.45) is 0. The molecule has 1 atom stereocenters. The van der Waals surface area contributed by atoms with Crippen LogP contribution in [-0.2, 0) is 4.79 Å². The molecule has 0 aliphatic rings. The molecule has 1 aromatic heterocycles. The van der Waals surface area contributed by atoms with E-state index in [2.05, 4.69) is 20.0 Å². The Kier molecular flexibility index (Phi) is 6.69. The molecule has 2 rings (SSSR count). The van der Waals surface area contributed by atoms with Crippen LogP contribution in [-0.4, -0.2) is 28.2 Å². The highest BCUT2D eigenvalue weighted by Gasteiger charge is 2.12. The topological polar surface area (TPSA) is 64.1 Å². The summed E-state index contributed by atoms with van der Waals surface area (Å²) in [7, 11) is 0. The molecular weight excluding hydrogens is 348 g/mol. The molecule has 1 unspecified atom stereocenters. The maximum absolute atomic E-state index is 12.1. The van der Waals surface area contributed by atoms with Crippen molar-refractivity contribution in [3.63, 3.8) is 0 Å². The molecule has 1 N–H and O–H groups in total. The van der Waals surface area contributed by atoms with E-state index >= 15 is 0 Å². The van der Waals surface area contributed by atoms with Gasteiger partial charge in [-0.1, -0.05) is 23.9 Å². The van der Waals surface area contributed by atoms with Crippen molar-refractivity contribution in [2.24, 2.45) is 0 Å². The summed E-state index contributed by atoms with van der Waals surface area (Å²) in [6.45, 7) is 2.72. The van der Waals surface area contributed by atoms with Crippen molar-refractivity contribution in [1.82, 2.24) is 15.3 Å². The Morgan fingerprint density at radius 3 is 2.36 bits per heavy atom. The van der Waals surface area contributed by atoms with Crippen LogP contribution < -0.4 is 10.1 Å². The van der Waals surface area contributed by atoms with E-state index in [1.165, 1.54) is 23.9 Å². The number of nitrogens with one attached hydrogen (secondary N) is 1. The van der Waals surface area contributed by atoms with Gasteiger partial charge in [0.05, 0.1) is 11.8 Å². The van der Waals surface area contributed by atoms with Crippen LogP contribution in [0.25, 0.3) is 0 Å². The Balaban J connectivity index is 1.87. The number of thioether (sulfide) groups is 1. The first-order valence-corrected chi connectivity index (χ1v) is 8.61. The Labute approximate surface area is 149 Å². The summed E-state index contributed by atoms with van der Waals surface area (Å²) in [5.74, 6) is 0.118. The number of hydrogen-bond acceptors (Lipinski definition) is 5. The third-order valence-electron chi connectivity index (χ3n) is 3.28. The second-order valence-electron chi connectivity index (χ2n) is 5.46. The molecule has 8 heteroatoms. The van der Waals surface area contributed by atoms with Crippen molar-refractivity contribution in [2.75, 3.05) is 5.75 Å². The number of hydrogen-bond donors (Lipinski definition) is 1. The maximum atomic E-state index is 12.1. The minimum absolute atomic E-state index is 0.0831. The SMILES string of the molecule is Cc1cc(C)nc(SCC(=O)NC(C)c2ccc(OC(F)F)cc2)n1. The molecule has 2 aromatic rings. The van der Waals surface area contributed by atoms with E-state index in [1.807, 2.05) is 26.8 Å². The standard InChI is InChI=1S/C17H19F2N3O2S/c1-10-8-11(2)21-17(20-10)25-9-15(23)22-12(3)13-4-6-14(7-5-13)24-16(18)19/h4-8,12,16H,9H2,1-3H3,(H,22,23). The Morgan fingerprint density at radius 1 is 1.20 bits per heavy atom. The Bertz CT molecular complexity index is 706. The molecule has 0 spiro atoms. The van der Waals surface area contributed by atoms with E-state index in [-0.39, 0.29) is 23.5 Å². The predicted octanol–water partition coefficient (Wildman–Crippen LogP) is 3.66. The van der Waals surface area contributed by atoms with E-state index in [1.54, 1.807) is 12.1 Å². The van der Waals surface area contributed by atoms with E-state index in [0.29, 0.717) is 5.16 Å². The zero-order chi connectivity index (χ0) is 18.4. The number of halogens is 2. The highest BCUT2D eigenvalue weighted by Crippen LogP contribution is 2.20. The fourth-order valence-electron chi connectivity index (χ4n) is 2.19. The minimum Gasteiger partial charge on any atom is -0.435 e. The zero-order valence-corrected chi connectivity index (χ0v) is 14.9. The molecule has 1 amide bonds. The lowest BCUT2D eigenvalue weighted by Gasteiger charge is -2.15. The first-order valence-electron chi connectivity index (χ1n) is 7.62. The molecular formula is C17H19F2N3O2S. The quantitative estimate of drug-likeness (QED) is 0.598. The number of rotatable bonds is 7. The molecule has 0 aliphatic heterocycles. The molecule has 0 saturated heterocycles. The molecule has 0 bridgehead atoms. The zero-order valence-electron chi connectivity index (χ0n) is 14.1. The van der Waals surface area contributed by atoms with Crippen LogP contribution in [0, 0.1) is 13.8 Å². The second-order valence-corrected chi connectivity index (χ2v) is 6.40. The molecule has 25 heavy (non-hydrogen) atoms. The van der Waals surface area contributed by atoms with Gasteiger partial charge in [-0.2, -0.15) is 8.78 Å². The molecule has 1 aromatic carbocycles. The van der Waals surface area contributed by atoms with Gasteiger partial charge >= 0.3 is 6.61 Å². The van der Waals surface area contributed by atoms with Gasteiger partial charge < -0.3 is 10.1 Å². The second kappa shape index (κ2) is 8.75. The van der Waals surface area contributed by atoms with Crippen LogP contribution in [0.3, 0.4) is 0 Å². The van der Waals surface area contributed by atoms with Gasteiger partial charge in [0.15, 0.2) is 5.16 Å². The molecule has 0 radical (unpaired) electrons. The lowest BCUT2D eigenvalue weighted by molar-refractivity contribution is -0.119. The van der Waals surface area contributed by atoms with Crippen LogP contribution >= 0.6 is 11.8 Å². The van der Waals surface area contributed by atoms with Crippen molar-refractivity contribution in [2.45, 2.75) is 38.6 Å². The molecule has 0 saturated carbocycles. The van der Waals surface area contributed by atoms with Crippen LogP contribution in [0.1, 0.15) is 29.9 Å². The van der Waals surface area contributed by atoms with Gasteiger partial charge in [0, 0.05) is 11.4 Å². The van der Waals surface area contributed by atoms with Crippen molar-refractivity contribution in [3.05, 3.63) is 47.3 Å². The van der Waals surface area contributed by atoms with E-state index < -0.39 is 6.61 Å². The summed E-state index contributed by atoms with van der Waals surface area (Å²) < 4.78 is 28.6. The fourth-order valence-corrected chi connectivity index (χ4v) is 2.95. The molecule has 134 valence electrons. The van der Waals surface area contributed by atoms with Gasteiger partial charge in [-0.3, -0.25) is 4.79 Å². The van der Waals surface area contributed by atoms with Crippen LogP contribution in [0.4, 0.5) is 8.78 Å². The average molecular weight is 367 g/mol. The number of nitrogens with zero attached hydrogens (tertiary/aromatic N) is 2. The number of ether oxygens (including phenoxy) is 1. The van der Waals surface area contributed by atoms with Gasteiger partial charge in [-0.15, -0.1) is 0 Å². The average Bonchev–Trinajstić information content (AvgIpc) is 2.52. The normalized spacial score (nSPS) is 12.1. The minimum atomic E-state index is -2.85. The largest absolute Gasteiger partial charge is 0.435 e. The number of amides is 1. The van der Waals surface area contributed by atoms with Gasteiger partial charge in [-0.25, -0.2) is 9.97 Å². The molecule has 1 heterocycles. The predicted molar refractivity (Wildman–Crippen MR) is 91.9 cm³/mol. The van der Waals surface area contributed by atoms with E-state index in [4.69, 9.17) is 0 Å². The first-order chi connectivity index (χ1) is 11.8. The number of aryl methyl sites for hydroxylation is 2. The van der Waals surface area contributed by atoms with Crippen molar-refractivity contribution in [3.8, 4) is 5.75 Å². The summed E-state index contributed by atoms with van der Waals surface area (Å²) in [5.41, 5.74) is 2.51. The van der Waals surface area contributed by atoms with Gasteiger partial charge in [0.25, 0.3) is 0 Å². The van der Waals surface area contributed by atoms with Crippen molar-refractivity contribution in [1.29, 1.82) is 0 Å². The summed E-state index contributed by atoms with van der Waals surface area (Å²) in [5, 5.41) is 3.42. The van der Waals surface area contributed by atoms with Crippen molar-refractivity contribution >= 4 is 17.7 Å². The highest BCUT2D eigenvalue weighted by molar-refractivity contribution is 7.99. The number of carbonyl (C=O) groups is 1. The van der Waals surface area contributed by atoms with E-state index in [9.17, 15) is 13.6 Å². The van der Waals surface area contributed by atoms with Crippen LogP contribution in [0.15, 0.2) is 35.5 Å². The Morgan fingerprint density at radius 2 is 1.80 bits per heavy atom. The highest BCUT2D eigenvalue weighted by atomic mass is 32.2. The van der Waals surface area contributed by atoms with Crippen LogP contribution in [0.2, 0.25) is 0 Å². The van der Waals surface area contributed by atoms with Gasteiger partial charge in [0.1, 0.15) is 5.75 Å².